The first-order valence-corrected chi connectivity index (χ1v) is 7.79. The van der Waals surface area contributed by atoms with Crippen LogP contribution in [0.15, 0.2) is 42.6 Å². The lowest BCUT2D eigenvalue weighted by molar-refractivity contribution is -0.124. The molecule has 0 bridgehead atoms. The van der Waals surface area contributed by atoms with Crippen molar-refractivity contribution in [1.29, 1.82) is 0 Å². The molecular formula is C17H17ClN2O5. The summed E-state index contributed by atoms with van der Waals surface area (Å²) >= 11 is 5.76. The lowest BCUT2D eigenvalue weighted by Crippen LogP contribution is -2.32. The number of aromatic nitrogens is 1. The Labute approximate surface area is 149 Å². The zero-order valence-corrected chi connectivity index (χ0v) is 14.3. The van der Waals surface area contributed by atoms with Crippen molar-refractivity contribution in [1.82, 2.24) is 10.3 Å². The van der Waals surface area contributed by atoms with Crippen LogP contribution in [0.1, 0.15) is 10.5 Å². The van der Waals surface area contributed by atoms with Crippen molar-refractivity contribution in [2.75, 3.05) is 26.9 Å². The highest BCUT2D eigenvalue weighted by atomic mass is 35.5. The molecule has 0 aliphatic rings. The van der Waals surface area contributed by atoms with E-state index >= 15 is 0 Å². The zero-order chi connectivity index (χ0) is 18.1. The SMILES string of the molecule is COc1ccccc1OCCNC(=O)COC(=O)c1cc(Cl)ccn1. The Morgan fingerprint density at radius 2 is 1.96 bits per heavy atom. The van der Waals surface area contributed by atoms with Crippen molar-refractivity contribution < 1.29 is 23.8 Å². The van der Waals surface area contributed by atoms with Gasteiger partial charge in [-0.3, -0.25) is 4.79 Å². The maximum absolute atomic E-state index is 11.7. The van der Waals surface area contributed by atoms with E-state index in [1.165, 1.54) is 18.3 Å². The molecule has 7 nitrogen and oxygen atoms in total. The van der Waals surface area contributed by atoms with E-state index in [1.54, 1.807) is 19.2 Å². The number of ether oxygens (including phenoxy) is 3. The number of para-hydroxylation sites is 2. The Kier molecular flexibility index (Phi) is 7.03. The average Bonchev–Trinajstić information content (AvgIpc) is 2.63. The summed E-state index contributed by atoms with van der Waals surface area (Å²) in [7, 11) is 1.55. The van der Waals surface area contributed by atoms with Crippen LogP contribution >= 0.6 is 11.6 Å². The van der Waals surface area contributed by atoms with Crippen LogP contribution in [0.2, 0.25) is 5.02 Å². The highest BCUT2D eigenvalue weighted by Crippen LogP contribution is 2.25. The Balaban J connectivity index is 1.68. The first-order valence-electron chi connectivity index (χ1n) is 7.41. The Morgan fingerprint density at radius 1 is 1.20 bits per heavy atom. The predicted molar refractivity (Wildman–Crippen MR) is 91.0 cm³/mol. The predicted octanol–water partition coefficient (Wildman–Crippen LogP) is 2.10. The van der Waals surface area contributed by atoms with E-state index in [0.717, 1.165) is 0 Å². The fourth-order valence-electron chi connectivity index (χ4n) is 1.86. The number of nitrogens with zero attached hydrogens (tertiary/aromatic N) is 1. The van der Waals surface area contributed by atoms with E-state index in [1.807, 2.05) is 12.1 Å². The second-order valence-electron chi connectivity index (χ2n) is 4.78. The average molecular weight is 365 g/mol. The van der Waals surface area contributed by atoms with Gasteiger partial charge in [0.2, 0.25) is 0 Å². The zero-order valence-electron chi connectivity index (χ0n) is 13.5. The summed E-state index contributed by atoms with van der Waals surface area (Å²) in [5, 5.41) is 2.94. The lowest BCUT2D eigenvalue weighted by atomic mass is 10.3. The molecule has 0 spiro atoms. The maximum Gasteiger partial charge on any atom is 0.357 e. The van der Waals surface area contributed by atoms with E-state index in [-0.39, 0.29) is 18.8 Å². The van der Waals surface area contributed by atoms with Gasteiger partial charge < -0.3 is 19.5 Å². The number of methoxy groups -OCH3 is 1. The summed E-state index contributed by atoms with van der Waals surface area (Å²) in [5.41, 5.74) is 0.0415. The third-order valence-electron chi connectivity index (χ3n) is 3.02. The van der Waals surface area contributed by atoms with Crippen molar-refractivity contribution in [3.05, 3.63) is 53.3 Å². The molecule has 1 amide bonds. The summed E-state index contributed by atoms with van der Waals surface area (Å²) in [4.78, 5) is 27.2. The highest BCUT2D eigenvalue weighted by molar-refractivity contribution is 6.30. The van der Waals surface area contributed by atoms with Gasteiger partial charge in [0.15, 0.2) is 18.1 Å². The first kappa shape index (κ1) is 18.5. The molecule has 132 valence electrons. The molecule has 0 unspecified atom stereocenters. The molecule has 0 aliphatic heterocycles. The molecule has 1 heterocycles. The second kappa shape index (κ2) is 9.48. The van der Waals surface area contributed by atoms with E-state index in [4.69, 9.17) is 25.8 Å². The summed E-state index contributed by atoms with van der Waals surface area (Å²) in [6, 6.07) is 10.1. The first-order chi connectivity index (χ1) is 12.1. The van der Waals surface area contributed by atoms with Crippen LogP contribution in [0.4, 0.5) is 0 Å². The number of hydrogen-bond acceptors (Lipinski definition) is 6. The maximum atomic E-state index is 11.7. The lowest BCUT2D eigenvalue weighted by Gasteiger charge is -2.11. The molecule has 0 aliphatic carbocycles. The minimum absolute atomic E-state index is 0.0415. The van der Waals surface area contributed by atoms with Crippen molar-refractivity contribution >= 4 is 23.5 Å². The monoisotopic (exact) mass is 364 g/mol. The summed E-state index contributed by atoms with van der Waals surface area (Å²) in [6.07, 6.45) is 1.38. The standard InChI is InChI=1S/C17H17ClN2O5/c1-23-14-4-2-3-5-15(14)24-9-8-20-16(21)11-25-17(22)13-10-12(18)6-7-19-13/h2-7,10H,8-9,11H2,1H3,(H,20,21). The number of amides is 1. The molecule has 0 saturated carbocycles. The minimum atomic E-state index is -0.720. The fourth-order valence-corrected chi connectivity index (χ4v) is 2.02. The van der Waals surface area contributed by atoms with E-state index in [9.17, 15) is 9.59 Å². The van der Waals surface area contributed by atoms with E-state index < -0.39 is 18.5 Å². The Hall–Kier alpha value is -2.80. The van der Waals surface area contributed by atoms with Gasteiger partial charge in [0.05, 0.1) is 13.7 Å². The minimum Gasteiger partial charge on any atom is -0.493 e. The molecule has 8 heteroatoms. The van der Waals surface area contributed by atoms with Crippen LogP contribution in [0.25, 0.3) is 0 Å². The summed E-state index contributed by atoms with van der Waals surface area (Å²) < 4.78 is 15.5. The molecule has 25 heavy (non-hydrogen) atoms. The molecule has 0 atom stereocenters. The molecule has 1 aromatic carbocycles. The van der Waals surface area contributed by atoms with Gasteiger partial charge in [-0.2, -0.15) is 0 Å². The number of carbonyl (C=O) groups excluding carboxylic acids is 2. The van der Waals surface area contributed by atoms with Crippen molar-refractivity contribution in [2.45, 2.75) is 0 Å². The number of carbonyl (C=O) groups is 2. The van der Waals surface area contributed by atoms with Crippen molar-refractivity contribution in [3.8, 4) is 11.5 Å². The topological polar surface area (TPSA) is 86.8 Å². The van der Waals surface area contributed by atoms with Gasteiger partial charge in [-0.1, -0.05) is 23.7 Å². The number of benzene rings is 1. The number of halogens is 1. The van der Waals surface area contributed by atoms with Crippen LogP contribution in [-0.2, 0) is 9.53 Å². The van der Waals surface area contributed by atoms with Gasteiger partial charge >= 0.3 is 5.97 Å². The normalized spacial score (nSPS) is 10.0. The molecule has 2 aromatic rings. The number of esters is 1. The third kappa shape index (κ3) is 5.96. The smallest absolute Gasteiger partial charge is 0.357 e. The molecule has 1 N–H and O–H groups in total. The molecule has 2 rings (SSSR count). The van der Waals surface area contributed by atoms with Gasteiger partial charge in [-0.05, 0) is 24.3 Å². The number of hydrogen-bond donors (Lipinski definition) is 1. The van der Waals surface area contributed by atoms with Crippen LogP contribution in [0.5, 0.6) is 11.5 Å². The van der Waals surface area contributed by atoms with Crippen LogP contribution in [0, 0.1) is 0 Å². The van der Waals surface area contributed by atoms with Crippen molar-refractivity contribution in [2.24, 2.45) is 0 Å². The van der Waals surface area contributed by atoms with Gasteiger partial charge in [-0.25, -0.2) is 9.78 Å². The molecular weight excluding hydrogens is 348 g/mol. The Bertz CT molecular complexity index is 738. The fraction of sp³-hybridized carbons (Fsp3) is 0.235. The summed E-state index contributed by atoms with van der Waals surface area (Å²) in [5.74, 6) is 0.0245. The van der Waals surface area contributed by atoms with Crippen LogP contribution < -0.4 is 14.8 Å². The van der Waals surface area contributed by atoms with Gasteiger partial charge in [0.1, 0.15) is 12.3 Å². The van der Waals surface area contributed by atoms with E-state index in [2.05, 4.69) is 10.3 Å². The highest BCUT2D eigenvalue weighted by Gasteiger charge is 2.11. The molecule has 0 radical (unpaired) electrons. The molecule has 0 saturated heterocycles. The summed E-state index contributed by atoms with van der Waals surface area (Å²) in [6.45, 7) is 0.0848. The van der Waals surface area contributed by atoms with E-state index in [0.29, 0.717) is 16.5 Å². The second-order valence-corrected chi connectivity index (χ2v) is 5.22. The van der Waals surface area contributed by atoms with Gasteiger partial charge in [0.25, 0.3) is 5.91 Å². The van der Waals surface area contributed by atoms with Crippen molar-refractivity contribution in [3.63, 3.8) is 0 Å². The third-order valence-corrected chi connectivity index (χ3v) is 3.25. The molecule has 1 aromatic heterocycles. The van der Waals surface area contributed by atoms with Crippen LogP contribution in [-0.4, -0.2) is 43.7 Å². The number of rotatable bonds is 8. The largest absolute Gasteiger partial charge is 0.493 e. The quantitative estimate of drug-likeness (QED) is 0.570. The number of nitrogens with one attached hydrogen (secondary N) is 1. The van der Waals surface area contributed by atoms with Crippen LogP contribution in [0.3, 0.4) is 0 Å². The van der Waals surface area contributed by atoms with Gasteiger partial charge in [-0.15, -0.1) is 0 Å². The van der Waals surface area contributed by atoms with Gasteiger partial charge in [0, 0.05) is 11.2 Å². The Morgan fingerprint density at radius 3 is 2.68 bits per heavy atom. The number of pyridine rings is 1. The molecule has 0 fully saturated rings.